The van der Waals surface area contributed by atoms with Crippen molar-refractivity contribution in [3.05, 3.63) is 267 Å². The van der Waals surface area contributed by atoms with E-state index in [1.165, 1.54) is 22.3 Å². The summed E-state index contributed by atoms with van der Waals surface area (Å²) in [5.74, 6) is 0. The maximum atomic E-state index is 6.64. The van der Waals surface area contributed by atoms with Gasteiger partial charge in [-0.15, -0.1) is 0 Å². The Labute approximate surface area is 406 Å². The Bertz CT molecular complexity index is 3750. The van der Waals surface area contributed by atoms with Gasteiger partial charge in [0, 0.05) is 44.3 Å². The van der Waals surface area contributed by atoms with E-state index < -0.39 is 0 Å². The average Bonchev–Trinajstić information content (AvgIpc) is 4.02. The standard InChI is InChI=1S/C66H44N2O2/c1-3-13-45(14-4-1)49-29-37-53(38-30-49)67(54-39-31-50(32-40-54)46-15-5-2-6-16-46)55-41-33-51(34-42-55)47-25-27-48(28-26-47)52-35-43-56(44-36-52)68(61-21-11-19-59-57-17-7-9-23-63(57)69-65(59)61)62-22-12-20-60-58-18-8-10-24-64(58)70-66(60)62/h1-44H. The summed E-state index contributed by atoms with van der Waals surface area (Å²) in [6.45, 7) is 0. The molecule has 0 spiro atoms. The molecule has 0 aliphatic rings. The zero-order chi connectivity index (χ0) is 46.4. The second kappa shape index (κ2) is 17.4. The van der Waals surface area contributed by atoms with E-state index in [1.54, 1.807) is 0 Å². The smallest absolute Gasteiger partial charge is 0.159 e. The van der Waals surface area contributed by atoms with Crippen molar-refractivity contribution in [2.75, 3.05) is 9.80 Å². The van der Waals surface area contributed by atoms with Crippen LogP contribution in [0.1, 0.15) is 0 Å². The van der Waals surface area contributed by atoms with Gasteiger partial charge >= 0.3 is 0 Å². The van der Waals surface area contributed by atoms with E-state index in [4.69, 9.17) is 8.83 Å². The summed E-state index contributed by atoms with van der Waals surface area (Å²) >= 11 is 0. The first-order chi connectivity index (χ1) is 34.7. The molecule has 0 saturated heterocycles. The third-order valence-corrected chi connectivity index (χ3v) is 13.5. The number of para-hydroxylation sites is 4. The monoisotopic (exact) mass is 896 g/mol. The van der Waals surface area contributed by atoms with Crippen molar-refractivity contribution >= 4 is 78.0 Å². The minimum Gasteiger partial charge on any atom is -0.454 e. The summed E-state index contributed by atoms with van der Waals surface area (Å²) in [7, 11) is 0. The first kappa shape index (κ1) is 40.9. The maximum Gasteiger partial charge on any atom is 0.159 e. The van der Waals surface area contributed by atoms with Gasteiger partial charge < -0.3 is 18.6 Å². The minimum absolute atomic E-state index is 0.826. The molecule has 0 saturated carbocycles. The molecule has 0 radical (unpaired) electrons. The number of rotatable bonds is 10. The maximum absolute atomic E-state index is 6.64. The van der Waals surface area contributed by atoms with Gasteiger partial charge in [0.05, 0.1) is 11.4 Å². The Morgan fingerprint density at radius 1 is 0.200 bits per heavy atom. The highest BCUT2D eigenvalue weighted by Crippen LogP contribution is 2.46. The summed E-state index contributed by atoms with van der Waals surface area (Å²) in [6.07, 6.45) is 0. The van der Waals surface area contributed by atoms with E-state index in [0.29, 0.717) is 0 Å². The Morgan fingerprint density at radius 2 is 0.471 bits per heavy atom. The lowest BCUT2D eigenvalue weighted by molar-refractivity contribution is 0.666. The van der Waals surface area contributed by atoms with Crippen LogP contribution in [0.4, 0.5) is 34.1 Å². The molecule has 0 fully saturated rings. The first-order valence-corrected chi connectivity index (χ1v) is 23.7. The molecule has 0 atom stereocenters. The van der Waals surface area contributed by atoms with Gasteiger partial charge in [0.25, 0.3) is 0 Å². The van der Waals surface area contributed by atoms with Crippen LogP contribution >= 0.6 is 0 Å². The van der Waals surface area contributed by atoms with Gasteiger partial charge in [-0.25, -0.2) is 0 Å². The highest BCUT2D eigenvalue weighted by molar-refractivity contribution is 6.14. The lowest BCUT2D eigenvalue weighted by Gasteiger charge is -2.26. The molecule has 0 aliphatic heterocycles. The van der Waals surface area contributed by atoms with Crippen LogP contribution in [0.3, 0.4) is 0 Å². The molecule has 13 rings (SSSR count). The predicted molar refractivity (Wildman–Crippen MR) is 292 cm³/mol. The molecule has 4 heteroatoms. The van der Waals surface area contributed by atoms with Crippen LogP contribution in [0.25, 0.3) is 88.4 Å². The first-order valence-electron chi connectivity index (χ1n) is 23.7. The van der Waals surface area contributed by atoms with Crippen LogP contribution in [-0.2, 0) is 0 Å². The van der Waals surface area contributed by atoms with Crippen molar-refractivity contribution in [2.45, 2.75) is 0 Å². The molecule has 0 amide bonds. The van der Waals surface area contributed by atoms with Crippen LogP contribution in [0.15, 0.2) is 276 Å². The summed E-state index contributed by atoms with van der Waals surface area (Å²) in [4.78, 5) is 4.60. The molecule has 70 heavy (non-hydrogen) atoms. The van der Waals surface area contributed by atoms with E-state index in [0.717, 1.165) is 100 Å². The van der Waals surface area contributed by atoms with Gasteiger partial charge in [-0.1, -0.05) is 194 Å². The largest absolute Gasteiger partial charge is 0.454 e. The van der Waals surface area contributed by atoms with Crippen LogP contribution < -0.4 is 9.80 Å². The second-order valence-corrected chi connectivity index (χ2v) is 17.7. The molecule has 4 nitrogen and oxygen atoms in total. The van der Waals surface area contributed by atoms with E-state index in [2.05, 4.69) is 252 Å². The highest BCUT2D eigenvalue weighted by atomic mass is 16.3. The van der Waals surface area contributed by atoms with Crippen LogP contribution in [0, 0.1) is 0 Å². The number of nitrogens with zero attached hydrogens (tertiary/aromatic N) is 2. The number of benzene rings is 11. The van der Waals surface area contributed by atoms with Crippen molar-refractivity contribution in [3.8, 4) is 44.5 Å². The Kier molecular flexibility index (Phi) is 10.1. The highest BCUT2D eigenvalue weighted by Gasteiger charge is 2.23. The van der Waals surface area contributed by atoms with Crippen LogP contribution in [0.5, 0.6) is 0 Å². The molecule has 2 aromatic heterocycles. The third kappa shape index (κ3) is 7.36. The molecule has 0 bridgehead atoms. The SMILES string of the molecule is c1ccc(-c2ccc(N(c3ccc(-c4ccccc4)cc3)c3ccc(-c4ccc(-c5ccc(N(c6cccc7c6oc6ccccc67)c6cccc7c6oc6ccccc67)cc5)cc4)cc3)cc2)cc1. The van der Waals surface area contributed by atoms with Gasteiger partial charge in [-0.3, -0.25) is 0 Å². The van der Waals surface area contributed by atoms with Crippen molar-refractivity contribution in [1.82, 2.24) is 0 Å². The number of hydrogen-bond acceptors (Lipinski definition) is 4. The lowest BCUT2D eigenvalue weighted by Crippen LogP contribution is -2.10. The molecule has 0 aliphatic carbocycles. The minimum atomic E-state index is 0.826. The number of furan rings is 2. The van der Waals surface area contributed by atoms with Gasteiger partial charge in [0.15, 0.2) is 11.2 Å². The zero-order valence-corrected chi connectivity index (χ0v) is 38.1. The predicted octanol–water partition coefficient (Wildman–Crippen LogP) is 19.1. The third-order valence-electron chi connectivity index (χ3n) is 13.5. The van der Waals surface area contributed by atoms with E-state index in [-0.39, 0.29) is 0 Å². The molecule has 11 aromatic carbocycles. The van der Waals surface area contributed by atoms with Crippen LogP contribution in [-0.4, -0.2) is 0 Å². The molecular formula is C66H44N2O2. The molecule has 2 heterocycles. The molecular weight excluding hydrogens is 853 g/mol. The Morgan fingerprint density at radius 3 is 0.829 bits per heavy atom. The number of fused-ring (bicyclic) bond motifs is 6. The van der Waals surface area contributed by atoms with E-state index in [1.807, 2.05) is 24.3 Å². The summed E-state index contributed by atoms with van der Waals surface area (Å²) < 4.78 is 13.3. The summed E-state index contributed by atoms with van der Waals surface area (Å²) in [5.41, 5.74) is 18.9. The summed E-state index contributed by atoms with van der Waals surface area (Å²) in [5, 5.41) is 4.32. The number of anilines is 6. The average molecular weight is 897 g/mol. The van der Waals surface area contributed by atoms with Crippen molar-refractivity contribution in [3.63, 3.8) is 0 Å². The van der Waals surface area contributed by atoms with E-state index >= 15 is 0 Å². The van der Waals surface area contributed by atoms with E-state index in [9.17, 15) is 0 Å². The van der Waals surface area contributed by atoms with Gasteiger partial charge in [0.1, 0.15) is 11.2 Å². The lowest BCUT2D eigenvalue weighted by atomic mass is 9.99. The fourth-order valence-electron chi connectivity index (χ4n) is 10.0. The molecule has 0 unspecified atom stereocenters. The Balaban J connectivity index is 0.815. The van der Waals surface area contributed by atoms with Crippen molar-refractivity contribution < 1.29 is 8.83 Å². The topological polar surface area (TPSA) is 32.8 Å². The molecule has 330 valence electrons. The van der Waals surface area contributed by atoms with Gasteiger partial charge in [0.2, 0.25) is 0 Å². The molecule has 13 aromatic rings. The zero-order valence-electron chi connectivity index (χ0n) is 38.1. The van der Waals surface area contributed by atoms with Crippen molar-refractivity contribution in [2.24, 2.45) is 0 Å². The normalized spacial score (nSPS) is 11.4. The fraction of sp³-hybridized carbons (Fsp3) is 0. The van der Waals surface area contributed by atoms with Crippen LogP contribution in [0.2, 0.25) is 0 Å². The fourth-order valence-corrected chi connectivity index (χ4v) is 10.0. The Hall–Kier alpha value is -9.38. The van der Waals surface area contributed by atoms with Crippen molar-refractivity contribution in [1.29, 1.82) is 0 Å². The quantitative estimate of drug-likeness (QED) is 0.137. The summed E-state index contributed by atoms with van der Waals surface area (Å²) in [6, 6.07) is 94.6. The van der Waals surface area contributed by atoms with Gasteiger partial charge in [-0.05, 0) is 117 Å². The molecule has 0 N–H and O–H groups in total. The number of hydrogen-bond donors (Lipinski definition) is 0. The van der Waals surface area contributed by atoms with Gasteiger partial charge in [-0.2, -0.15) is 0 Å². The second-order valence-electron chi connectivity index (χ2n) is 17.7.